The van der Waals surface area contributed by atoms with Crippen LogP contribution in [0.4, 0.5) is 11.6 Å². The van der Waals surface area contributed by atoms with Crippen molar-refractivity contribution in [2.75, 3.05) is 11.5 Å². The summed E-state index contributed by atoms with van der Waals surface area (Å²) in [6.45, 7) is 0. The van der Waals surface area contributed by atoms with E-state index in [9.17, 15) is 0 Å². The summed E-state index contributed by atoms with van der Waals surface area (Å²) in [5, 5.41) is 13.3. The lowest BCUT2D eigenvalue weighted by Crippen LogP contribution is -1.92. The Hall–Kier alpha value is -2.76. The molecule has 0 fully saturated rings. The van der Waals surface area contributed by atoms with Crippen LogP contribution in [0, 0.1) is 0 Å². The number of rotatable bonds is 2. The molecule has 6 N–H and O–H groups in total. The zero-order chi connectivity index (χ0) is 12.5. The maximum atomic E-state index is 5.86. The molecule has 0 saturated carbocycles. The summed E-state index contributed by atoms with van der Waals surface area (Å²) in [5.74, 6) is 1.06. The van der Waals surface area contributed by atoms with Crippen LogP contribution >= 0.6 is 0 Å². The summed E-state index contributed by atoms with van der Waals surface area (Å²) in [5.41, 5.74) is 15.4. The topological polar surface area (TPSA) is 109 Å². The van der Waals surface area contributed by atoms with Crippen LogP contribution in [0.1, 0.15) is 0 Å². The Labute approximate surface area is 103 Å². The predicted molar refractivity (Wildman–Crippen MR) is 70.4 cm³/mol. The van der Waals surface area contributed by atoms with Gasteiger partial charge in [0.1, 0.15) is 11.6 Å². The zero-order valence-corrected chi connectivity index (χ0v) is 9.51. The molecule has 0 aliphatic carbocycles. The fourth-order valence-corrected chi connectivity index (χ4v) is 1.97. The number of nitrogen functional groups attached to an aromatic ring is 2. The molecule has 0 bridgehead atoms. The van der Waals surface area contributed by atoms with E-state index in [1.165, 1.54) is 0 Å². The number of anilines is 2. The van der Waals surface area contributed by atoms with Gasteiger partial charge in [0.2, 0.25) is 0 Å². The number of aromatic nitrogens is 4. The van der Waals surface area contributed by atoms with Crippen LogP contribution in [0.5, 0.6) is 0 Å². The number of H-pyrrole nitrogens is 2. The first-order chi connectivity index (χ1) is 8.77. The minimum Gasteiger partial charge on any atom is -0.384 e. The van der Waals surface area contributed by atoms with Crippen molar-refractivity contribution in [1.29, 1.82) is 0 Å². The fourth-order valence-electron chi connectivity index (χ4n) is 1.97. The van der Waals surface area contributed by atoms with Gasteiger partial charge in [-0.1, -0.05) is 24.3 Å². The predicted octanol–water partition coefficient (Wildman–Crippen LogP) is 1.63. The van der Waals surface area contributed by atoms with Gasteiger partial charge in [-0.05, 0) is 11.1 Å². The van der Waals surface area contributed by atoms with Crippen molar-refractivity contribution in [2.24, 2.45) is 0 Å². The Morgan fingerprint density at radius 1 is 0.722 bits per heavy atom. The highest BCUT2D eigenvalue weighted by molar-refractivity contribution is 5.90. The van der Waals surface area contributed by atoms with Crippen molar-refractivity contribution < 1.29 is 0 Å². The molecule has 0 atom stereocenters. The van der Waals surface area contributed by atoms with E-state index in [0.29, 0.717) is 11.6 Å². The minimum absolute atomic E-state index is 0.532. The molecule has 0 amide bonds. The number of nitrogens with zero attached hydrogens (tertiary/aromatic N) is 2. The minimum atomic E-state index is 0.532. The van der Waals surface area contributed by atoms with E-state index >= 15 is 0 Å². The molecule has 6 heteroatoms. The average molecular weight is 240 g/mol. The van der Waals surface area contributed by atoms with Gasteiger partial charge in [0, 0.05) is 11.1 Å². The monoisotopic (exact) mass is 240 g/mol. The van der Waals surface area contributed by atoms with Crippen LogP contribution in [-0.2, 0) is 0 Å². The summed E-state index contributed by atoms with van der Waals surface area (Å²) in [6, 6.07) is 7.84. The van der Waals surface area contributed by atoms with Crippen molar-refractivity contribution in [3.8, 4) is 22.3 Å². The van der Waals surface area contributed by atoms with Gasteiger partial charge in [-0.2, -0.15) is 10.2 Å². The SMILES string of the molecule is Nc1[nH]ncc1-c1ccccc1-c1cn[nH]c1N. The van der Waals surface area contributed by atoms with E-state index in [0.717, 1.165) is 22.3 Å². The van der Waals surface area contributed by atoms with Crippen molar-refractivity contribution >= 4 is 11.6 Å². The lowest BCUT2D eigenvalue weighted by molar-refractivity contribution is 1.10. The molecule has 18 heavy (non-hydrogen) atoms. The number of hydrogen-bond acceptors (Lipinski definition) is 4. The van der Waals surface area contributed by atoms with Crippen LogP contribution in [0.15, 0.2) is 36.7 Å². The molecule has 90 valence electrons. The average Bonchev–Trinajstić information content (AvgIpc) is 2.98. The Balaban J connectivity index is 2.24. The molecule has 0 aliphatic heterocycles. The second-order valence-corrected chi connectivity index (χ2v) is 3.94. The van der Waals surface area contributed by atoms with Crippen LogP contribution < -0.4 is 11.5 Å². The van der Waals surface area contributed by atoms with Crippen molar-refractivity contribution in [1.82, 2.24) is 20.4 Å². The largest absolute Gasteiger partial charge is 0.384 e. The first-order valence-corrected chi connectivity index (χ1v) is 5.45. The highest BCUT2D eigenvalue weighted by Crippen LogP contribution is 2.35. The summed E-state index contributed by atoms with van der Waals surface area (Å²) >= 11 is 0. The van der Waals surface area contributed by atoms with E-state index in [4.69, 9.17) is 11.5 Å². The van der Waals surface area contributed by atoms with Gasteiger partial charge < -0.3 is 11.5 Å². The maximum Gasteiger partial charge on any atom is 0.126 e. The molecule has 0 radical (unpaired) electrons. The first kappa shape index (κ1) is 10.4. The normalized spacial score (nSPS) is 10.7. The van der Waals surface area contributed by atoms with Gasteiger partial charge in [0.25, 0.3) is 0 Å². The molecule has 0 aliphatic rings. The summed E-state index contributed by atoms with van der Waals surface area (Å²) in [4.78, 5) is 0. The van der Waals surface area contributed by atoms with E-state index < -0.39 is 0 Å². The molecule has 2 aromatic heterocycles. The molecule has 1 aromatic carbocycles. The maximum absolute atomic E-state index is 5.86. The van der Waals surface area contributed by atoms with E-state index in [2.05, 4.69) is 20.4 Å². The van der Waals surface area contributed by atoms with Crippen molar-refractivity contribution in [3.63, 3.8) is 0 Å². The smallest absolute Gasteiger partial charge is 0.126 e. The Kier molecular flexibility index (Phi) is 2.26. The zero-order valence-electron chi connectivity index (χ0n) is 9.51. The lowest BCUT2D eigenvalue weighted by atomic mass is 9.97. The van der Waals surface area contributed by atoms with Crippen molar-refractivity contribution in [2.45, 2.75) is 0 Å². The van der Waals surface area contributed by atoms with E-state index in [1.54, 1.807) is 12.4 Å². The molecule has 0 saturated heterocycles. The summed E-state index contributed by atoms with van der Waals surface area (Å²) in [7, 11) is 0. The number of aromatic amines is 2. The highest BCUT2D eigenvalue weighted by atomic mass is 15.1. The van der Waals surface area contributed by atoms with Gasteiger partial charge in [0.15, 0.2) is 0 Å². The Bertz CT molecular complexity index is 622. The highest BCUT2D eigenvalue weighted by Gasteiger charge is 2.13. The summed E-state index contributed by atoms with van der Waals surface area (Å²) < 4.78 is 0. The van der Waals surface area contributed by atoms with Gasteiger partial charge in [-0.15, -0.1) is 0 Å². The molecule has 2 heterocycles. The fraction of sp³-hybridized carbons (Fsp3) is 0. The number of nitrogens with two attached hydrogens (primary N) is 2. The molecular weight excluding hydrogens is 228 g/mol. The van der Waals surface area contributed by atoms with Crippen LogP contribution in [0.3, 0.4) is 0 Å². The second kappa shape index (κ2) is 3.92. The summed E-state index contributed by atoms with van der Waals surface area (Å²) in [6.07, 6.45) is 3.40. The third-order valence-corrected chi connectivity index (χ3v) is 2.85. The molecule has 0 unspecified atom stereocenters. The molecular formula is C12H12N6. The molecule has 6 nitrogen and oxygen atoms in total. The van der Waals surface area contributed by atoms with Crippen LogP contribution in [0.25, 0.3) is 22.3 Å². The van der Waals surface area contributed by atoms with Crippen molar-refractivity contribution in [3.05, 3.63) is 36.7 Å². The molecule has 3 rings (SSSR count). The van der Waals surface area contributed by atoms with Gasteiger partial charge in [0.05, 0.1) is 12.4 Å². The van der Waals surface area contributed by atoms with E-state index in [-0.39, 0.29) is 0 Å². The number of benzene rings is 1. The quantitative estimate of drug-likeness (QED) is 0.545. The van der Waals surface area contributed by atoms with Gasteiger partial charge >= 0.3 is 0 Å². The van der Waals surface area contributed by atoms with Crippen LogP contribution in [0.2, 0.25) is 0 Å². The standard InChI is InChI=1S/C12H12N6/c13-11-9(5-15-17-11)7-3-1-2-4-8(7)10-6-16-18-12(10)14/h1-6H,(H3,13,15,17)(H3,14,16,18). The lowest BCUT2D eigenvalue weighted by Gasteiger charge is -2.07. The van der Waals surface area contributed by atoms with Gasteiger partial charge in [-0.3, -0.25) is 10.2 Å². The van der Waals surface area contributed by atoms with Crippen LogP contribution in [-0.4, -0.2) is 20.4 Å². The number of nitrogens with one attached hydrogen (secondary N) is 2. The third-order valence-electron chi connectivity index (χ3n) is 2.85. The molecule has 3 aromatic rings. The molecule has 0 spiro atoms. The van der Waals surface area contributed by atoms with Gasteiger partial charge in [-0.25, -0.2) is 0 Å². The van der Waals surface area contributed by atoms with E-state index in [1.807, 2.05) is 24.3 Å². The number of hydrogen-bond donors (Lipinski definition) is 4. The Morgan fingerprint density at radius 2 is 1.17 bits per heavy atom. The Morgan fingerprint density at radius 3 is 1.50 bits per heavy atom. The third kappa shape index (κ3) is 1.51. The second-order valence-electron chi connectivity index (χ2n) is 3.94. The first-order valence-electron chi connectivity index (χ1n) is 5.45.